The highest BCUT2D eigenvalue weighted by Gasteiger charge is 2.35. The summed E-state index contributed by atoms with van der Waals surface area (Å²) in [4.78, 5) is 17.6. The molecule has 7 nitrogen and oxygen atoms in total. The largest absolute Gasteiger partial charge is 0.495 e. The van der Waals surface area contributed by atoms with Crippen LogP contribution in [0.3, 0.4) is 0 Å². The summed E-state index contributed by atoms with van der Waals surface area (Å²) >= 11 is 0. The monoisotopic (exact) mass is 497 g/mol. The Morgan fingerprint density at radius 3 is 2.34 bits per heavy atom. The third-order valence-corrected chi connectivity index (χ3v) is 8.82. The standard InChI is InChI=1S/C27H35N3O4S/c1-22-10-11-25(34-2)26(21-22)35(32,33)30-15-12-24(13-16-30)27(31)29-19-17-28(18-20-29)14-6-9-23-7-4-3-5-8-23/h3-11,21,24H,12-20H2,1-2H3/b9-6+. The number of benzene rings is 2. The van der Waals surface area contributed by atoms with Gasteiger partial charge in [-0.3, -0.25) is 9.69 Å². The van der Waals surface area contributed by atoms with Gasteiger partial charge in [-0.05, 0) is 43.0 Å². The molecule has 0 N–H and O–H groups in total. The smallest absolute Gasteiger partial charge is 0.246 e. The third-order valence-electron chi connectivity index (χ3n) is 6.90. The molecule has 2 aromatic carbocycles. The van der Waals surface area contributed by atoms with Crippen molar-refractivity contribution in [1.29, 1.82) is 0 Å². The quantitative estimate of drug-likeness (QED) is 0.587. The molecule has 0 spiro atoms. The van der Waals surface area contributed by atoms with Crippen molar-refractivity contribution in [2.45, 2.75) is 24.7 Å². The highest BCUT2D eigenvalue weighted by molar-refractivity contribution is 7.89. The Labute approximate surface area is 209 Å². The highest BCUT2D eigenvalue weighted by Crippen LogP contribution is 2.31. The number of amides is 1. The van der Waals surface area contributed by atoms with Crippen LogP contribution in [0, 0.1) is 12.8 Å². The highest BCUT2D eigenvalue weighted by atomic mass is 32.2. The number of carbonyl (C=O) groups is 1. The van der Waals surface area contributed by atoms with E-state index in [9.17, 15) is 13.2 Å². The predicted molar refractivity (Wildman–Crippen MR) is 138 cm³/mol. The lowest BCUT2D eigenvalue weighted by molar-refractivity contribution is -0.138. The van der Waals surface area contributed by atoms with Crippen molar-refractivity contribution in [3.05, 3.63) is 65.7 Å². The van der Waals surface area contributed by atoms with Gasteiger partial charge in [0.1, 0.15) is 10.6 Å². The fraction of sp³-hybridized carbons (Fsp3) is 0.444. The molecule has 2 aliphatic heterocycles. The summed E-state index contributed by atoms with van der Waals surface area (Å²) in [6.45, 7) is 6.57. The predicted octanol–water partition coefficient (Wildman–Crippen LogP) is 3.26. The van der Waals surface area contributed by atoms with Crippen molar-refractivity contribution in [3.63, 3.8) is 0 Å². The molecular formula is C27H35N3O4S. The molecule has 0 radical (unpaired) electrons. The van der Waals surface area contributed by atoms with E-state index in [-0.39, 0.29) is 16.7 Å². The van der Waals surface area contributed by atoms with Crippen molar-refractivity contribution < 1.29 is 17.9 Å². The van der Waals surface area contributed by atoms with Crippen LogP contribution >= 0.6 is 0 Å². The molecule has 2 heterocycles. The number of rotatable bonds is 7. The first kappa shape index (κ1) is 25.4. The summed E-state index contributed by atoms with van der Waals surface area (Å²) in [5, 5.41) is 0. The average Bonchev–Trinajstić information content (AvgIpc) is 2.89. The number of nitrogens with zero attached hydrogens (tertiary/aromatic N) is 3. The van der Waals surface area contributed by atoms with E-state index in [1.165, 1.54) is 17.0 Å². The van der Waals surface area contributed by atoms with Crippen molar-refractivity contribution in [1.82, 2.24) is 14.1 Å². The number of hydrogen-bond acceptors (Lipinski definition) is 5. The van der Waals surface area contributed by atoms with Gasteiger partial charge < -0.3 is 9.64 Å². The van der Waals surface area contributed by atoms with Crippen LogP contribution in [0.25, 0.3) is 6.08 Å². The number of carbonyl (C=O) groups excluding carboxylic acids is 1. The fourth-order valence-electron chi connectivity index (χ4n) is 4.78. The molecule has 0 aliphatic carbocycles. The van der Waals surface area contributed by atoms with E-state index in [1.54, 1.807) is 12.1 Å². The number of methoxy groups -OCH3 is 1. The zero-order valence-corrected chi connectivity index (χ0v) is 21.4. The van der Waals surface area contributed by atoms with Crippen LogP contribution in [0.5, 0.6) is 5.75 Å². The van der Waals surface area contributed by atoms with Gasteiger partial charge in [-0.2, -0.15) is 4.31 Å². The molecule has 0 atom stereocenters. The van der Waals surface area contributed by atoms with Gasteiger partial charge in [0.25, 0.3) is 0 Å². The number of sulfonamides is 1. The molecule has 2 aliphatic rings. The van der Waals surface area contributed by atoms with Gasteiger partial charge in [0.15, 0.2) is 0 Å². The van der Waals surface area contributed by atoms with Gasteiger partial charge >= 0.3 is 0 Å². The molecular weight excluding hydrogens is 462 g/mol. The Kier molecular flexibility index (Phi) is 8.26. The van der Waals surface area contributed by atoms with E-state index < -0.39 is 10.0 Å². The van der Waals surface area contributed by atoms with E-state index in [0.717, 1.165) is 38.3 Å². The maximum absolute atomic E-state index is 13.2. The molecule has 2 saturated heterocycles. The molecule has 2 aromatic rings. The van der Waals surface area contributed by atoms with E-state index in [1.807, 2.05) is 36.1 Å². The lowest BCUT2D eigenvalue weighted by atomic mass is 9.96. The lowest BCUT2D eigenvalue weighted by Crippen LogP contribution is -2.51. The van der Waals surface area contributed by atoms with E-state index in [2.05, 4.69) is 29.2 Å². The van der Waals surface area contributed by atoms with Crippen LogP contribution < -0.4 is 4.74 Å². The molecule has 35 heavy (non-hydrogen) atoms. The normalized spacial score (nSPS) is 18.7. The van der Waals surface area contributed by atoms with Crippen molar-refractivity contribution in [2.75, 3.05) is 52.9 Å². The van der Waals surface area contributed by atoms with Gasteiger partial charge in [0.05, 0.1) is 7.11 Å². The number of piperidine rings is 1. The summed E-state index contributed by atoms with van der Waals surface area (Å²) in [5.74, 6) is 0.394. The Morgan fingerprint density at radius 1 is 1.00 bits per heavy atom. The second-order valence-corrected chi connectivity index (χ2v) is 11.2. The van der Waals surface area contributed by atoms with Gasteiger partial charge in [-0.15, -0.1) is 0 Å². The molecule has 0 unspecified atom stereocenters. The van der Waals surface area contributed by atoms with Crippen LogP contribution in [0.1, 0.15) is 24.0 Å². The van der Waals surface area contributed by atoms with E-state index in [4.69, 9.17) is 4.74 Å². The van der Waals surface area contributed by atoms with Crippen LogP contribution in [0.2, 0.25) is 0 Å². The first-order valence-electron chi connectivity index (χ1n) is 12.3. The minimum atomic E-state index is -3.67. The summed E-state index contributed by atoms with van der Waals surface area (Å²) < 4.78 is 33.3. The van der Waals surface area contributed by atoms with E-state index >= 15 is 0 Å². The summed E-state index contributed by atoms with van der Waals surface area (Å²) in [6, 6.07) is 15.4. The average molecular weight is 498 g/mol. The number of hydrogen-bond donors (Lipinski definition) is 0. The molecule has 0 saturated carbocycles. The van der Waals surface area contributed by atoms with Gasteiger partial charge in [0, 0.05) is 51.7 Å². The Morgan fingerprint density at radius 2 is 1.69 bits per heavy atom. The Balaban J connectivity index is 1.27. The summed E-state index contributed by atoms with van der Waals surface area (Å²) in [7, 11) is -2.19. The molecule has 8 heteroatoms. The van der Waals surface area contributed by atoms with Crippen LogP contribution in [0.4, 0.5) is 0 Å². The first-order valence-corrected chi connectivity index (χ1v) is 13.7. The van der Waals surface area contributed by atoms with Gasteiger partial charge in [-0.1, -0.05) is 48.6 Å². The minimum absolute atomic E-state index is 0.120. The summed E-state index contributed by atoms with van der Waals surface area (Å²) in [6.07, 6.45) is 5.40. The lowest BCUT2D eigenvalue weighted by Gasteiger charge is -2.38. The molecule has 2 fully saturated rings. The fourth-order valence-corrected chi connectivity index (χ4v) is 6.49. The van der Waals surface area contributed by atoms with Gasteiger partial charge in [-0.25, -0.2) is 8.42 Å². The molecule has 1 amide bonds. The Bertz CT molecular complexity index is 1130. The molecule has 0 aromatic heterocycles. The topological polar surface area (TPSA) is 70.2 Å². The number of aryl methyl sites for hydroxylation is 1. The van der Waals surface area contributed by atoms with Crippen molar-refractivity contribution in [3.8, 4) is 5.75 Å². The minimum Gasteiger partial charge on any atom is -0.495 e. The molecule has 4 rings (SSSR count). The molecule has 0 bridgehead atoms. The second kappa shape index (κ2) is 11.4. The third kappa shape index (κ3) is 6.12. The Hall–Kier alpha value is -2.68. The van der Waals surface area contributed by atoms with Crippen molar-refractivity contribution >= 4 is 22.0 Å². The van der Waals surface area contributed by atoms with Crippen molar-refractivity contribution in [2.24, 2.45) is 5.92 Å². The maximum atomic E-state index is 13.2. The second-order valence-electron chi connectivity index (χ2n) is 9.27. The van der Waals surface area contributed by atoms with Gasteiger partial charge in [0.2, 0.25) is 15.9 Å². The number of piperazine rings is 1. The summed E-state index contributed by atoms with van der Waals surface area (Å²) in [5.41, 5.74) is 2.06. The van der Waals surface area contributed by atoms with E-state index in [0.29, 0.717) is 31.7 Å². The van der Waals surface area contributed by atoms with Crippen LogP contribution in [0.15, 0.2) is 59.5 Å². The molecule has 188 valence electrons. The van der Waals surface area contributed by atoms with Crippen LogP contribution in [-0.2, 0) is 14.8 Å². The SMILES string of the molecule is COc1ccc(C)cc1S(=O)(=O)N1CCC(C(=O)N2CCN(C/C=C/c3ccccc3)CC2)CC1. The zero-order valence-electron chi connectivity index (χ0n) is 20.6. The first-order chi connectivity index (χ1) is 16.9. The zero-order chi connectivity index (χ0) is 24.8. The number of ether oxygens (including phenoxy) is 1. The van der Waals surface area contributed by atoms with Crippen LogP contribution in [-0.4, -0.2) is 81.4 Å². The maximum Gasteiger partial charge on any atom is 0.246 e.